The predicted molar refractivity (Wildman–Crippen MR) is 95.4 cm³/mol. The van der Waals surface area contributed by atoms with Gasteiger partial charge in [0.1, 0.15) is 6.54 Å². The van der Waals surface area contributed by atoms with Gasteiger partial charge in [0, 0.05) is 30.9 Å². The van der Waals surface area contributed by atoms with Crippen molar-refractivity contribution in [1.82, 2.24) is 20.4 Å². The van der Waals surface area contributed by atoms with E-state index in [4.69, 9.17) is 23.2 Å². The van der Waals surface area contributed by atoms with Crippen LogP contribution in [0.5, 0.6) is 0 Å². The summed E-state index contributed by atoms with van der Waals surface area (Å²) in [5.41, 5.74) is 2.03. The molecule has 0 radical (unpaired) electrons. The summed E-state index contributed by atoms with van der Waals surface area (Å²) >= 11 is 11.9. The molecule has 2 N–H and O–H groups in total. The monoisotopic (exact) mass is 366 g/mol. The second kappa shape index (κ2) is 8.01. The van der Waals surface area contributed by atoms with E-state index < -0.39 is 0 Å². The smallest absolute Gasteiger partial charge is 0.242 e. The number of rotatable bonds is 5. The Morgan fingerprint density at radius 2 is 2.21 bits per heavy atom. The Bertz CT molecular complexity index is 710. The van der Waals surface area contributed by atoms with Gasteiger partial charge in [0.2, 0.25) is 5.91 Å². The summed E-state index contributed by atoms with van der Waals surface area (Å²) in [6.45, 7) is 2.64. The molecule has 5 nitrogen and oxygen atoms in total. The first-order chi connectivity index (χ1) is 11.6. The first-order valence-corrected chi connectivity index (χ1v) is 8.82. The minimum absolute atomic E-state index is 0.0743. The van der Waals surface area contributed by atoms with Crippen LogP contribution in [0.1, 0.15) is 30.0 Å². The summed E-state index contributed by atoms with van der Waals surface area (Å²) in [6.07, 6.45) is 4.04. The number of hydrogen-bond acceptors (Lipinski definition) is 3. The lowest BCUT2D eigenvalue weighted by Gasteiger charge is -2.23. The van der Waals surface area contributed by atoms with Crippen LogP contribution in [0.3, 0.4) is 0 Å². The highest BCUT2D eigenvalue weighted by Crippen LogP contribution is 2.23. The summed E-state index contributed by atoms with van der Waals surface area (Å²) in [7, 11) is 0. The Morgan fingerprint density at radius 1 is 1.33 bits per heavy atom. The third kappa shape index (κ3) is 4.29. The molecule has 1 saturated heterocycles. The van der Waals surface area contributed by atoms with E-state index >= 15 is 0 Å². The van der Waals surface area contributed by atoms with E-state index in [1.165, 1.54) is 0 Å². The zero-order valence-electron chi connectivity index (χ0n) is 13.3. The third-order valence-corrected chi connectivity index (χ3v) is 4.97. The molecule has 0 bridgehead atoms. The highest BCUT2D eigenvalue weighted by Gasteiger charge is 2.19. The molecule has 1 aliphatic rings. The number of nitrogens with one attached hydrogen (secondary N) is 2. The molecule has 3 rings (SSSR count). The molecule has 2 aromatic rings. The van der Waals surface area contributed by atoms with Crippen LogP contribution in [0.2, 0.25) is 10.0 Å². The maximum Gasteiger partial charge on any atom is 0.242 e. The van der Waals surface area contributed by atoms with Crippen LogP contribution in [0.25, 0.3) is 0 Å². The fourth-order valence-corrected chi connectivity index (χ4v) is 3.29. The Labute approximate surface area is 151 Å². The zero-order chi connectivity index (χ0) is 16.9. The van der Waals surface area contributed by atoms with E-state index in [0.29, 0.717) is 22.5 Å². The topological polar surface area (TPSA) is 59.0 Å². The second-order valence-corrected chi connectivity index (χ2v) is 6.80. The molecule has 1 atom stereocenters. The Kier molecular flexibility index (Phi) is 5.76. The van der Waals surface area contributed by atoms with Crippen molar-refractivity contribution in [2.45, 2.75) is 31.8 Å². The molecule has 1 aromatic heterocycles. The average Bonchev–Trinajstić information content (AvgIpc) is 3.05. The summed E-state index contributed by atoms with van der Waals surface area (Å²) in [5.74, 6) is 0.346. The van der Waals surface area contributed by atoms with Crippen LogP contribution in [0.4, 0.5) is 0 Å². The molecule has 1 unspecified atom stereocenters. The lowest BCUT2D eigenvalue weighted by atomic mass is 9.96. The molecule has 0 aliphatic carbocycles. The third-order valence-electron chi connectivity index (χ3n) is 4.23. The fraction of sp³-hybridized carbons (Fsp3) is 0.412. The van der Waals surface area contributed by atoms with Gasteiger partial charge in [-0.3, -0.25) is 9.48 Å². The highest BCUT2D eigenvalue weighted by molar-refractivity contribution is 6.42. The van der Waals surface area contributed by atoms with Crippen LogP contribution in [0, 0.1) is 0 Å². The van der Waals surface area contributed by atoms with Gasteiger partial charge in [0.05, 0.1) is 10.0 Å². The molecule has 1 amide bonds. The molecule has 1 aromatic carbocycles. The second-order valence-electron chi connectivity index (χ2n) is 5.98. The number of hydrogen-bond donors (Lipinski definition) is 2. The van der Waals surface area contributed by atoms with Crippen molar-refractivity contribution in [3.05, 3.63) is 51.8 Å². The Hall–Kier alpha value is -1.56. The van der Waals surface area contributed by atoms with E-state index in [0.717, 1.165) is 37.2 Å². The molecular formula is C17H20Cl2N4O. The average molecular weight is 367 g/mol. The van der Waals surface area contributed by atoms with Crippen molar-refractivity contribution in [2.75, 3.05) is 13.1 Å². The molecular weight excluding hydrogens is 347 g/mol. The molecule has 0 spiro atoms. The van der Waals surface area contributed by atoms with Gasteiger partial charge in [-0.05, 0) is 43.1 Å². The van der Waals surface area contributed by atoms with Gasteiger partial charge in [-0.1, -0.05) is 29.3 Å². The number of carbonyl (C=O) groups excluding carboxylic acids is 1. The van der Waals surface area contributed by atoms with E-state index in [1.807, 2.05) is 12.1 Å². The molecule has 2 heterocycles. The number of nitrogens with zero attached hydrogens (tertiary/aromatic N) is 2. The maximum atomic E-state index is 12.2. The quantitative estimate of drug-likeness (QED) is 0.854. The first-order valence-electron chi connectivity index (χ1n) is 8.06. The van der Waals surface area contributed by atoms with Crippen LogP contribution >= 0.6 is 23.2 Å². The van der Waals surface area contributed by atoms with Crippen LogP contribution in [0.15, 0.2) is 30.5 Å². The van der Waals surface area contributed by atoms with Crippen molar-refractivity contribution < 1.29 is 4.79 Å². The van der Waals surface area contributed by atoms with Crippen LogP contribution < -0.4 is 10.6 Å². The van der Waals surface area contributed by atoms with Crippen molar-refractivity contribution in [3.63, 3.8) is 0 Å². The lowest BCUT2D eigenvalue weighted by Crippen LogP contribution is -2.32. The van der Waals surface area contributed by atoms with Crippen molar-refractivity contribution in [1.29, 1.82) is 0 Å². The van der Waals surface area contributed by atoms with E-state index in [-0.39, 0.29) is 12.5 Å². The molecule has 128 valence electrons. The molecule has 1 aliphatic heterocycles. The van der Waals surface area contributed by atoms with E-state index in [1.54, 1.807) is 23.0 Å². The number of aromatic nitrogens is 2. The fourth-order valence-electron chi connectivity index (χ4n) is 2.97. The standard InChI is InChI=1S/C17H20Cl2N4O/c18-14-4-3-12(8-15(14)19)9-21-17(24)11-23-16(5-7-22-23)13-2-1-6-20-10-13/h3-5,7-8,13,20H,1-2,6,9-11H2,(H,21,24). The highest BCUT2D eigenvalue weighted by atomic mass is 35.5. The summed E-state index contributed by atoms with van der Waals surface area (Å²) < 4.78 is 1.79. The number of halogens is 2. The van der Waals surface area contributed by atoms with Gasteiger partial charge in [0.25, 0.3) is 0 Å². The van der Waals surface area contributed by atoms with Crippen molar-refractivity contribution in [3.8, 4) is 0 Å². The Balaban J connectivity index is 1.57. The van der Waals surface area contributed by atoms with Crippen molar-refractivity contribution in [2.24, 2.45) is 0 Å². The first kappa shape index (κ1) is 17.3. The normalized spacial score (nSPS) is 17.7. The maximum absolute atomic E-state index is 12.2. The van der Waals surface area contributed by atoms with Gasteiger partial charge in [-0.15, -0.1) is 0 Å². The number of benzene rings is 1. The summed E-state index contributed by atoms with van der Waals surface area (Å²) in [4.78, 5) is 12.2. The van der Waals surface area contributed by atoms with Crippen LogP contribution in [-0.2, 0) is 17.9 Å². The Morgan fingerprint density at radius 3 is 2.96 bits per heavy atom. The molecule has 0 saturated carbocycles. The molecule has 7 heteroatoms. The summed E-state index contributed by atoms with van der Waals surface area (Å²) in [6, 6.07) is 7.34. The predicted octanol–water partition coefficient (Wildman–Crippen LogP) is 2.97. The largest absolute Gasteiger partial charge is 0.350 e. The number of amides is 1. The molecule has 24 heavy (non-hydrogen) atoms. The number of piperidine rings is 1. The minimum Gasteiger partial charge on any atom is -0.350 e. The summed E-state index contributed by atoms with van der Waals surface area (Å²) in [5, 5.41) is 11.6. The zero-order valence-corrected chi connectivity index (χ0v) is 14.8. The van der Waals surface area contributed by atoms with Gasteiger partial charge in [0.15, 0.2) is 0 Å². The molecule has 1 fully saturated rings. The van der Waals surface area contributed by atoms with Gasteiger partial charge < -0.3 is 10.6 Å². The van der Waals surface area contributed by atoms with Gasteiger partial charge in [-0.2, -0.15) is 5.10 Å². The van der Waals surface area contributed by atoms with Gasteiger partial charge in [-0.25, -0.2) is 0 Å². The van der Waals surface area contributed by atoms with E-state index in [2.05, 4.69) is 15.7 Å². The number of carbonyl (C=O) groups is 1. The SMILES string of the molecule is O=C(Cn1nccc1C1CCCNC1)NCc1ccc(Cl)c(Cl)c1. The van der Waals surface area contributed by atoms with Crippen LogP contribution in [-0.4, -0.2) is 28.8 Å². The minimum atomic E-state index is -0.0743. The van der Waals surface area contributed by atoms with E-state index in [9.17, 15) is 4.79 Å². The lowest BCUT2D eigenvalue weighted by molar-refractivity contribution is -0.122. The van der Waals surface area contributed by atoms with Gasteiger partial charge >= 0.3 is 0 Å². The van der Waals surface area contributed by atoms with Crippen molar-refractivity contribution >= 4 is 29.1 Å².